The van der Waals surface area contributed by atoms with Gasteiger partial charge in [-0.1, -0.05) is 37.2 Å². The third-order valence-corrected chi connectivity index (χ3v) is 4.26. The lowest BCUT2D eigenvalue weighted by molar-refractivity contribution is 0.417. The first kappa shape index (κ1) is 14.5. The third-order valence-electron chi connectivity index (χ3n) is 3.11. The molecular weight excluding hydrogens is 280 g/mol. The number of anilines is 1. The van der Waals surface area contributed by atoms with E-state index in [2.05, 4.69) is 19.2 Å². The Labute approximate surface area is 123 Å². The monoisotopic (exact) mass is 298 g/mol. The molecule has 1 aliphatic heterocycles. The molecule has 0 aromatic heterocycles. The Morgan fingerprint density at radius 3 is 2.95 bits per heavy atom. The predicted molar refractivity (Wildman–Crippen MR) is 84.8 cm³/mol. The number of halogens is 1. The molecule has 1 N–H and O–H groups in total. The number of thioether (sulfide) groups is 1. The second-order valence-corrected chi connectivity index (χ2v) is 6.37. The van der Waals surface area contributed by atoms with Crippen molar-refractivity contribution >= 4 is 34.2 Å². The van der Waals surface area contributed by atoms with E-state index in [1.54, 1.807) is 18.9 Å². The summed E-state index contributed by atoms with van der Waals surface area (Å²) in [6.45, 7) is 4.42. The molecule has 1 aromatic rings. The fourth-order valence-electron chi connectivity index (χ4n) is 1.97. The molecule has 0 saturated heterocycles. The summed E-state index contributed by atoms with van der Waals surface area (Å²) in [6, 6.07) is 5.94. The molecule has 1 unspecified atom stereocenters. The number of amidine groups is 1. The fraction of sp³-hybridized carbons (Fsp3) is 0.500. The number of ether oxygens (including phenoxy) is 1. The van der Waals surface area contributed by atoms with Crippen LogP contribution in [0.5, 0.6) is 5.75 Å². The van der Waals surface area contributed by atoms with Gasteiger partial charge in [0.15, 0.2) is 5.17 Å². The van der Waals surface area contributed by atoms with E-state index in [1.165, 1.54) is 0 Å². The van der Waals surface area contributed by atoms with Crippen molar-refractivity contribution in [2.45, 2.75) is 26.3 Å². The van der Waals surface area contributed by atoms with Crippen molar-refractivity contribution in [3.63, 3.8) is 0 Å². The number of hydrogen-bond donors (Lipinski definition) is 1. The van der Waals surface area contributed by atoms with Crippen LogP contribution in [0.2, 0.25) is 5.02 Å². The van der Waals surface area contributed by atoms with E-state index in [-0.39, 0.29) is 0 Å². The quantitative estimate of drug-likeness (QED) is 0.904. The molecule has 1 atom stereocenters. The van der Waals surface area contributed by atoms with Crippen molar-refractivity contribution in [3.05, 3.63) is 23.2 Å². The van der Waals surface area contributed by atoms with Gasteiger partial charge in [0.1, 0.15) is 5.75 Å². The lowest BCUT2D eigenvalue weighted by atomic mass is 10.0. The summed E-state index contributed by atoms with van der Waals surface area (Å²) in [5.74, 6) is 2.44. The zero-order valence-electron chi connectivity index (χ0n) is 11.4. The molecule has 0 radical (unpaired) electrons. The summed E-state index contributed by atoms with van der Waals surface area (Å²) < 4.78 is 5.33. The smallest absolute Gasteiger partial charge is 0.161 e. The molecule has 0 amide bonds. The van der Waals surface area contributed by atoms with Gasteiger partial charge in [-0.25, -0.2) is 0 Å². The summed E-state index contributed by atoms with van der Waals surface area (Å²) in [4.78, 5) is 4.75. The number of hydrogen-bond acceptors (Lipinski definition) is 4. The van der Waals surface area contributed by atoms with Crippen LogP contribution in [-0.4, -0.2) is 24.1 Å². The number of benzene rings is 1. The van der Waals surface area contributed by atoms with Gasteiger partial charge in [-0.05, 0) is 30.5 Å². The number of nitrogens with zero attached hydrogens (tertiary/aromatic N) is 1. The van der Waals surface area contributed by atoms with Crippen molar-refractivity contribution in [3.8, 4) is 5.75 Å². The Kier molecular flexibility index (Phi) is 4.99. The molecule has 0 bridgehead atoms. The largest absolute Gasteiger partial charge is 0.495 e. The highest BCUT2D eigenvalue weighted by Crippen LogP contribution is 2.30. The van der Waals surface area contributed by atoms with Crippen LogP contribution in [0.25, 0.3) is 0 Å². The number of rotatable bonds is 3. The Balaban J connectivity index is 2.18. The summed E-state index contributed by atoms with van der Waals surface area (Å²) in [5, 5.41) is 4.96. The molecular formula is C14H19ClN2OS. The van der Waals surface area contributed by atoms with Crippen LogP contribution in [0.3, 0.4) is 0 Å². The van der Waals surface area contributed by atoms with E-state index < -0.39 is 0 Å². The molecule has 0 fully saturated rings. The van der Waals surface area contributed by atoms with Crippen LogP contribution < -0.4 is 10.1 Å². The third kappa shape index (κ3) is 3.80. The highest BCUT2D eigenvalue weighted by atomic mass is 35.5. The van der Waals surface area contributed by atoms with E-state index in [0.717, 1.165) is 28.8 Å². The maximum atomic E-state index is 6.03. The van der Waals surface area contributed by atoms with Crippen LogP contribution >= 0.6 is 23.4 Å². The average molecular weight is 299 g/mol. The molecule has 3 nitrogen and oxygen atoms in total. The molecule has 2 rings (SSSR count). The summed E-state index contributed by atoms with van der Waals surface area (Å²) in [6.07, 6.45) is 1.14. The van der Waals surface area contributed by atoms with Crippen molar-refractivity contribution in [2.24, 2.45) is 10.9 Å². The standard InChI is InChI=1S/C14H19ClN2OS/c1-9(2)11-6-7-19-14(16-11)17-12-8-10(15)4-5-13(12)18-3/h4-5,8-9,11H,6-7H2,1-3H3,(H,16,17). The predicted octanol–water partition coefficient (Wildman–Crippen LogP) is 4.28. The highest BCUT2D eigenvalue weighted by Gasteiger charge is 2.19. The minimum Gasteiger partial charge on any atom is -0.495 e. The van der Waals surface area contributed by atoms with Crippen LogP contribution in [0.4, 0.5) is 5.69 Å². The topological polar surface area (TPSA) is 33.6 Å². The van der Waals surface area contributed by atoms with E-state index in [0.29, 0.717) is 17.0 Å². The van der Waals surface area contributed by atoms with Crippen LogP contribution in [0.1, 0.15) is 20.3 Å². The number of aliphatic imine (C=N–C) groups is 1. The van der Waals surface area contributed by atoms with E-state index in [4.69, 9.17) is 21.3 Å². The summed E-state index contributed by atoms with van der Waals surface area (Å²) >= 11 is 7.77. The first-order valence-corrected chi connectivity index (χ1v) is 7.77. The highest BCUT2D eigenvalue weighted by molar-refractivity contribution is 8.14. The Morgan fingerprint density at radius 1 is 1.47 bits per heavy atom. The molecule has 1 aliphatic rings. The zero-order chi connectivity index (χ0) is 13.8. The maximum Gasteiger partial charge on any atom is 0.161 e. The zero-order valence-corrected chi connectivity index (χ0v) is 13.0. The molecule has 104 valence electrons. The van der Waals surface area contributed by atoms with Gasteiger partial charge < -0.3 is 10.1 Å². The van der Waals surface area contributed by atoms with Crippen LogP contribution in [0, 0.1) is 5.92 Å². The first-order chi connectivity index (χ1) is 9.10. The van der Waals surface area contributed by atoms with Crippen molar-refractivity contribution in [1.29, 1.82) is 0 Å². The van der Waals surface area contributed by atoms with Gasteiger partial charge in [-0.15, -0.1) is 0 Å². The molecule has 1 heterocycles. The van der Waals surface area contributed by atoms with E-state index in [1.807, 2.05) is 18.2 Å². The average Bonchev–Trinajstić information content (AvgIpc) is 2.39. The van der Waals surface area contributed by atoms with Gasteiger partial charge in [-0.2, -0.15) is 0 Å². The molecule has 0 saturated carbocycles. The second-order valence-electron chi connectivity index (χ2n) is 4.85. The normalized spacial score (nSPS) is 19.2. The minimum absolute atomic E-state index is 0.397. The van der Waals surface area contributed by atoms with Gasteiger partial charge in [0.2, 0.25) is 0 Å². The van der Waals surface area contributed by atoms with Crippen LogP contribution in [0.15, 0.2) is 23.2 Å². The molecule has 5 heteroatoms. The molecule has 0 spiro atoms. The Morgan fingerprint density at radius 2 is 2.26 bits per heavy atom. The van der Waals surface area contributed by atoms with E-state index in [9.17, 15) is 0 Å². The lowest BCUT2D eigenvalue weighted by Crippen LogP contribution is -2.24. The lowest BCUT2D eigenvalue weighted by Gasteiger charge is -2.23. The van der Waals surface area contributed by atoms with Gasteiger partial charge in [-0.3, -0.25) is 4.99 Å². The van der Waals surface area contributed by atoms with Gasteiger partial charge in [0.25, 0.3) is 0 Å². The summed E-state index contributed by atoms with van der Waals surface area (Å²) in [5.41, 5.74) is 0.866. The maximum absolute atomic E-state index is 6.03. The van der Waals surface area contributed by atoms with Crippen LogP contribution in [-0.2, 0) is 0 Å². The summed E-state index contributed by atoms with van der Waals surface area (Å²) in [7, 11) is 1.65. The number of nitrogens with one attached hydrogen (secondary N) is 1. The van der Waals surface area contributed by atoms with Crippen molar-refractivity contribution in [2.75, 3.05) is 18.2 Å². The van der Waals surface area contributed by atoms with Gasteiger partial charge >= 0.3 is 0 Å². The van der Waals surface area contributed by atoms with Crippen molar-refractivity contribution in [1.82, 2.24) is 0 Å². The Hall–Kier alpha value is -0.870. The molecule has 19 heavy (non-hydrogen) atoms. The Bertz CT molecular complexity index is 477. The minimum atomic E-state index is 0.397. The van der Waals surface area contributed by atoms with Gasteiger partial charge in [0.05, 0.1) is 18.8 Å². The SMILES string of the molecule is COc1ccc(Cl)cc1NC1=NC(C(C)C)CCS1. The van der Waals surface area contributed by atoms with Crippen molar-refractivity contribution < 1.29 is 4.74 Å². The number of methoxy groups -OCH3 is 1. The molecule has 0 aliphatic carbocycles. The second kappa shape index (κ2) is 6.53. The first-order valence-electron chi connectivity index (χ1n) is 6.41. The fourth-order valence-corrected chi connectivity index (χ4v) is 3.09. The molecule has 1 aromatic carbocycles. The van der Waals surface area contributed by atoms with Gasteiger partial charge in [0, 0.05) is 10.8 Å². The van der Waals surface area contributed by atoms with E-state index >= 15 is 0 Å².